The molecule has 0 unspecified atom stereocenters. The molecule has 1 aromatic heterocycles. The largest absolute Gasteiger partial charge is 0.477 e. The van der Waals surface area contributed by atoms with Gasteiger partial charge in [0, 0.05) is 6.54 Å². The minimum atomic E-state index is -3.56. The number of aromatic carboxylic acids is 1. The molecule has 7 heteroatoms. The fraction of sp³-hybridized carbons (Fsp3) is 0.500. The number of carbonyl (C=O) groups is 1. The van der Waals surface area contributed by atoms with E-state index in [9.17, 15) is 13.2 Å². The zero-order chi connectivity index (χ0) is 13.1. The van der Waals surface area contributed by atoms with Crippen LogP contribution in [0.1, 0.15) is 29.9 Å². The Kier molecular flexibility index (Phi) is 4.67. The van der Waals surface area contributed by atoms with Crippen LogP contribution in [0, 0.1) is 5.92 Å². The lowest BCUT2D eigenvalue weighted by Gasteiger charge is -2.06. The maximum atomic E-state index is 11.8. The Hall–Kier alpha value is -0.920. The molecule has 96 valence electrons. The van der Waals surface area contributed by atoms with Gasteiger partial charge in [-0.05, 0) is 24.5 Å². The number of carboxylic acid groups (broad SMARTS) is 1. The van der Waals surface area contributed by atoms with E-state index in [4.69, 9.17) is 5.11 Å². The third kappa shape index (κ3) is 4.10. The van der Waals surface area contributed by atoms with Gasteiger partial charge in [0.1, 0.15) is 9.09 Å². The molecule has 0 aliphatic rings. The van der Waals surface area contributed by atoms with Crippen molar-refractivity contribution >= 4 is 27.3 Å². The van der Waals surface area contributed by atoms with Gasteiger partial charge in [-0.15, -0.1) is 11.3 Å². The molecule has 0 radical (unpaired) electrons. The topological polar surface area (TPSA) is 83.5 Å². The van der Waals surface area contributed by atoms with Gasteiger partial charge in [0.2, 0.25) is 10.0 Å². The Morgan fingerprint density at radius 3 is 2.59 bits per heavy atom. The minimum Gasteiger partial charge on any atom is -0.477 e. The highest BCUT2D eigenvalue weighted by atomic mass is 32.2. The summed E-state index contributed by atoms with van der Waals surface area (Å²) in [5.74, 6) is -0.700. The summed E-state index contributed by atoms with van der Waals surface area (Å²) in [5, 5.41) is 8.71. The van der Waals surface area contributed by atoms with Gasteiger partial charge < -0.3 is 5.11 Å². The first-order valence-electron chi connectivity index (χ1n) is 5.15. The molecule has 0 aromatic carbocycles. The first kappa shape index (κ1) is 14.1. The van der Waals surface area contributed by atoms with Crippen molar-refractivity contribution in [3.05, 3.63) is 17.0 Å². The second-order valence-corrected chi connectivity index (χ2v) is 7.08. The van der Waals surface area contributed by atoms with Crippen LogP contribution in [0.5, 0.6) is 0 Å². The Labute approximate surface area is 105 Å². The van der Waals surface area contributed by atoms with Crippen molar-refractivity contribution < 1.29 is 18.3 Å². The van der Waals surface area contributed by atoms with E-state index >= 15 is 0 Å². The molecular formula is C10H15NO4S2. The van der Waals surface area contributed by atoms with Crippen LogP contribution in [-0.2, 0) is 10.0 Å². The molecule has 5 nitrogen and oxygen atoms in total. The number of hydrogen-bond donors (Lipinski definition) is 2. The van der Waals surface area contributed by atoms with Gasteiger partial charge in [0.15, 0.2) is 0 Å². The van der Waals surface area contributed by atoms with Crippen molar-refractivity contribution in [3.63, 3.8) is 0 Å². The molecule has 1 rings (SSSR count). The molecular weight excluding hydrogens is 262 g/mol. The van der Waals surface area contributed by atoms with Crippen molar-refractivity contribution in [1.82, 2.24) is 4.72 Å². The normalized spacial score (nSPS) is 11.9. The molecule has 0 aliphatic carbocycles. The van der Waals surface area contributed by atoms with Gasteiger partial charge in [0.05, 0.1) is 0 Å². The average molecular weight is 277 g/mol. The fourth-order valence-corrected chi connectivity index (χ4v) is 3.37. The summed E-state index contributed by atoms with van der Waals surface area (Å²) in [6.45, 7) is 4.37. The van der Waals surface area contributed by atoms with Gasteiger partial charge in [-0.2, -0.15) is 0 Å². The lowest BCUT2D eigenvalue weighted by atomic mass is 10.1. The second-order valence-electron chi connectivity index (χ2n) is 4.00. The maximum Gasteiger partial charge on any atom is 0.345 e. The number of rotatable bonds is 6. The zero-order valence-electron chi connectivity index (χ0n) is 9.63. The zero-order valence-corrected chi connectivity index (χ0v) is 11.3. The van der Waals surface area contributed by atoms with Gasteiger partial charge >= 0.3 is 5.97 Å². The van der Waals surface area contributed by atoms with Crippen molar-refractivity contribution in [1.29, 1.82) is 0 Å². The third-order valence-corrected chi connectivity index (χ3v) is 5.10. The van der Waals surface area contributed by atoms with E-state index < -0.39 is 16.0 Å². The van der Waals surface area contributed by atoms with Crippen molar-refractivity contribution in [2.45, 2.75) is 24.5 Å². The Bertz CT molecular complexity index is 490. The quantitative estimate of drug-likeness (QED) is 0.830. The molecule has 0 fully saturated rings. The Morgan fingerprint density at radius 2 is 2.12 bits per heavy atom. The van der Waals surface area contributed by atoms with Crippen LogP contribution in [0.4, 0.5) is 0 Å². The van der Waals surface area contributed by atoms with Crippen LogP contribution in [0.15, 0.2) is 16.3 Å². The molecule has 1 aromatic rings. The molecule has 0 spiro atoms. The smallest absolute Gasteiger partial charge is 0.345 e. The van der Waals surface area contributed by atoms with Gasteiger partial charge in [-0.25, -0.2) is 17.9 Å². The summed E-state index contributed by atoms with van der Waals surface area (Å²) in [5.41, 5.74) is 0. The van der Waals surface area contributed by atoms with E-state index in [1.54, 1.807) is 0 Å². The second kappa shape index (κ2) is 5.61. The lowest BCUT2D eigenvalue weighted by Crippen LogP contribution is -2.24. The van der Waals surface area contributed by atoms with Crippen LogP contribution in [0.25, 0.3) is 0 Å². The SMILES string of the molecule is CC(C)CCNS(=O)(=O)c1ccc(C(=O)O)s1. The van der Waals surface area contributed by atoms with E-state index in [1.807, 2.05) is 13.8 Å². The van der Waals surface area contributed by atoms with Crippen molar-refractivity contribution in [2.24, 2.45) is 5.92 Å². The van der Waals surface area contributed by atoms with Gasteiger partial charge in [0.25, 0.3) is 0 Å². The monoisotopic (exact) mass is 277 g/mol. The molecule has 0 bridgehead atoms. The van der Waals surface area contributed by atoms with Crippen molar-refractivity contribution in [2.75, 3.05) is 6.54 Å². The molecule has 0 saturated heterocycles. The first-order valence-corrected chi connectivity index (χ1v) is 7.45. The minimum absolute atomic E-state index is 0.0224. The summed E-state index contributed by atoms with van der Waals surface area (Å²) in [4.78, 5) is 10.7. The van der Waals surface area contributed by atoms with Crippen molar-refractivity contribution in [3.8, 4) is 0 Å². The summed E-state index contributed by atoms with van der Waals surface area (Å²) in [6.07, 6.45) is 0.746. The summed E-state index contributed by atoms with van der Waals surface area (Å²) in [7, 11) is -3.56. The standard InChI is InChI=1S/C10H15NO4S2/c1-7(2)5-6-11-17(14,15)9-4-3-8(16-9)10(12)13/h3-4,7,11H,5-6H2,1-2H3,(H,12,13). The Morgan fingerprint density at radius 1 is 1.47 bits per heavy atom. The predicted molar refractivity (Wildman–Crippen MR) is 65.9 cm³/mol. The number of thiophene rings is 1. The summed E-state index contributed by atoms with van der Waals surface area (Å²) >= 11 is 0.757. The Balaban J connectivity index is 2.72. The van der Waals surface area contributed by atoms with Crippen LogP contribution in [0.2, 0.25) is 0 Å². The molecule has 1 heterocycles. The molecule has 0 atom stereocenters. The fourth-order valence-electron chi connectivity index (χ4n) is 1.13. The van der Waals surface area contributed by atoms with E-state index in [-0.39, 0.29) is 9.09 Å². The van der Waals surface area contributed by atoms with Gasteiger partial charge in [-0.3, -0.25) is 0 Å². The van der Waals surface area contributed by atoms with Gasteiger partial charge in [-0.1, -0.05) is 13.8 Å². The summed E-state index contributed by atoms with van der Waals surface area (Å²) in [6, 6.07) is 2.61. The predicted octanol–water partition coefficient (Wildman–Crippen LogP) is 1.77. The van der Waals surface area contributed by atoms with Crippen LogP contribution < -0.4 is 4.72 Å². The molecule has 0 aliphatic heterocycles. The number of sulfonamides is 1. The van der Waals surface area contributed by atoms with Crippen LogP contribution in [-0.4, -0.2) is 26.0 Å². The number of hydrogen-bond acceptors (Lipinski definition) is 4. The van der Waals surface area contributed by atoms with Crippen LogP contribution >= 0.6 is 11.3 Å². The molecule has 17 heavy (non-hydrogen) atoms. The first-order chi connectivity index (χ1) is 7.83. The maximum absolute atomic E-state index is 11.8. The highest BCUT2D eigenvalue weighted by Crippen LogP contribution is 2.21. The van der Waals surface area contributed by atoms with E-state index in [2.05, 4.69) is 4.72 Å². The highest BCUT2D eigenvalue weighted by Gasteiger charge is 2.18. The molecule has 0 amide bonds. The summed E-state index contributed by atoms with van der Waals surface area (Å²) < 4.78 is 26.0. The number of carboxylic acids is 1. The molecule has 0 saturated carbocycles. The van der Waals surface area contributed by atoms with E-state index in [1.165, 1.54) is 12.1 Å². The van der Waals surface area contributed by atoms with E-state index in [0.717, 1.165) is 17.8 Å². The number of nitrogens with one attached hydrogen (secondary N) is 1. The van der Waals surface area contributed by atoms with Crippen LogP contribution in [0.3, 0.4) is 0 Å². The van der Waals surface area contributed by atoms with E-state index in [0.29, 0.717) is 12.5 Å². The lowest BCUT2D eigenvalue weighted by molar-refractivity contribution is 0.0702. The average Bonchev–Trinajstić information content (AvgIpc) is 2.65. The third-order valence-electron chi connectivity index (χ3n) is 2.07. The molecule has 2 N–H and O–H groups in total. The highest BCUT2D eigenvalue weighted by molar-refractivity contribution is 7.91.